The highest BCUT2D eigenvalue weighted by molar-refractivity contribution is 7.99. The summed E-state index contributed by atoms with van der Waals surface area (Å²) in [6, 6.07) is 42.4. The second-order valence-corrected chi connectivity index (χ2v) is 22.9. The summed E-state index contributed by atoms with van der Waals surface area (Å²) in [6.07, 6.45) is 0.188. The number of thioether (sulfide) groups is 2. The first kappa shape index (κ1) is 64.8. The Morgan fingerprint density at radius 1 is 0.511 bits per heavy atom. The van der Waals surface area contributed by atoms with Crippen LogP contribution in [0.3, 0.4) is 0 Å². The van der Waals surface area contributed by atoms with Crippen LogP contribution in [0.5, 0.6) is 0 Å². The summed E-state index contributed by atoms with van der Waals surface area (Å²) in [4.78, 5) is 153. The molecule has 6 aromatic rings. The number of benzene rings is 5. The van der Waals surface area contributed by atoms with E-state index in [9.17, 15) is 33.6 Å². The molecular formula is C63H71N13O10S2. The van der Waals surface area contributed by atoms with E-state index in [-0.39, 0.29) is 99.6 Å². The van der Waals surface area contributed by atoms with Crippen molar-refractivity contribution in [2.75, 3.05) is 82.5 Å². The largest absolute Gasteiger partial charge is 0.383 e. The molecule has 5 aromatic carbocycles. The average molecular weight is 1230 g/mol. The number of hydrogen-bond donors (Lipinski definition) is 4. The van der Waals surface area contributed by atoms with Gasteiger partial charge in [0.25, 0.3) is 0 Å². The molecule has 0 fully saturated rings. The number of primary amides is 1. The summed E-state index contributed by atoms with van der Waals surface area (Å²) in [5, 5.41) is 8.56. The van der Waals surface area contributed by atoms with Gasteiger partial charge in [0.15, 0.2) is 10.3 Å². The third-order valence-electron chi connectivity index (χ3n) is 14.2. The molecule has 2 aliphatic heterocycles. The number of rotatable bonds is 18. The zero-order valence-corrected chi connectivity index (χ0v) is 50.5. The number of nitrogens with two attached hydrogens (primary N) is 1. The second kappa shape index (κ2) is 33.1. The van der Waals surface area contributed by atoms with E-state index in [4.69, 9.17) is 25.4 Å². The number of carbonyl (C=O) groups excluding carboxylic acids is 9. The normalized spacial score (nSPS) is 17.3. The van der Waals surface area contributed by atoms with Crippen molar-refractivity contribution < 1.29 is 47.9 Å². The van der Waals surface area contributed by atoms with Gasteiger partial charge in [0, 0.05) is 70.8 Å². The van der Waals surface area contributed by atoms with Crippen LogP contribution >= 0.6 is 23.5 Å². The molecule has 2 atom stereocenters. The zero-order valence-electron chi connectivity index (χ0n) is 48.8. The number of carbonyl (C=O) groups is 9. The van der Waals surface area contributed by atoms with Gasteiger partial charge in [-0.25, -0.2) is 0 Å². The van der Waals surface area contributed by atoms with E-state index >= 15 is 9.59 Å². The van der Waals surface area contributed by atoms with Gasteiger partial charge in [0.1, 0.15) is 31.7 Å². The maximum atomic E-state index is 15.7. The van der Waals surface area contributed by atoms with E-state index in [2.05, 4.69) is 16.0 Å². The Morgan fingerprint density at radius 2 is 0.898 bits per heavy atom. The van der Waals surface area contributed by atoms with E-state index in [0.29, 0.717) is 22.3 Å². The van der Waals surface area contributed by atoms with Gasteiger partial charge < -0.3 is 55.8 Å². The van der Waals surface area contributed by atoms with E-state index < -0.39 is 98.0 Å². The van der Waals surface area contributed by atoms with Crippen LogP contribution in [0.25, 0.3) is 0 Å². The number of amides is 9. The quantitative estimate of drug-likeness (QED) is 0.0900. The first-order chi connectivity index (χ1) is 42.7. The Balaban J connectivity index is 1.28. The van der Waals surface area contributed by atoms with E-state index in [1.165, 1.54) is 31.6 Å². The standard InChI is InChI=1S/C63H71N13O10S2/c1-86-31-30-71-39-56(81)72(32-45-18-7-2-8-19-45)38-54(79)67-51-44-88-63-69-61(76(42-55(71)80)36-49-26-15-6-16-27-49)68-62(70-63)87-43-50(59(84)65-29-17-28-52(64)77)66-53(78)37-73(33-46-20-9-3-10-21-46)57(82)40-74(34-47-22-11-4-12-23-47)58(83)41-75(60(51)85)35-48-24-13-5-14-25-48/h2-16,18-27,50-51H,17,28-44H2,1H3,(H2,64,77)(H,65,84)(H,66,78)(H,67,79). The summed E-state index contributed by atoms with van der Waals surface area (Å²) in [5.74, 6) is -6.19. The molecule has 2 unspecified atom stereocenters. The van der Waals surface area contributed by atoms with Gasteiger partial charge in [-0.2, -0.15) is 15.0 Å². The SMILES string of the molecule is COCCN1CC(=O)N(Cc2ccccc2)CC(=O)NC2CSc3nc(nc(n3)N(Cc3ccccc3)CC1=O)SCC(C(=O)NCCCC(N)=O)NC(=O)CN(Cc1ccccc1)C(=O)CN(Cc1ccccc1)C(=O)CN(Cc1ccccc1)C2=O. The molecule has 0 radical (unpaired) electrons. The first-order valence-electron chi connectivity index (χ1n) is 28.7. The molecule has 88 heavy (non-hydrogen) atoms. The predicted octanol–water partition coefficient (Wildman–Crippen LogP) is 3.03. The maximum absolute atomic E-state index is 15.7. The van der Waals surface area contributed by atoms with Crippen LogP contribution in [-0.4, -0.2) is 182 Å². The van der Waals surface area contributed by atoms with Gasteiger partial charge in [0.2, 0.25) is 59.1 Å². The van der Waals surface area contributed by atoms with Crippen LogP contribution in [0.2, 0.25) is 0 Å². The third-order valence-corrected chi connectivity index (χ3v) is 16.0. The van der Waals surface area contributed by atoms with Crippen molar-refractivity contribution in [2.24, 2.45) is 5.73 Å². The van der Waals surface area contributed by atoms with Crippen molar-refractivity contribution in [3.8, 4) is 0 Å². The number of aromatic nitrogens is 3. The van der Waals surface area contributed by atoms with Crippen molar-refractivity contribution in [2.45, 2.75) is 68.0 Å². The molecule has 1 aromatic heterocycles. The lowest BCUT2D eigenvalue weighted by Crippen LogP contribution is -2.55. The van der Waals surface area contributed by atoms with Crippen LogP contribution in [0.4, 0.5) is 5.95 Å². The molecule has 25 heteroatoms. The van der Waals surface area contributed by atoms with Gasteiger partial charge in [-0.3, -0.25) is 43.2 Å². The molecule has 23 nitrogen and oxygen atoms in total. The predicted molar refractivity (Wildman–Crippen MR) is 330 cm³/mol. The Hall–Kier alpha value is -9.20. The molecule has 0 aliphatic carbocycles. The van der Waals surface area contributed by atoms with E-state index in [0.717, 1.165) is 29.1 Å². The number of nitrogens with zero attached hydrogens (tertiary/aromatic N) is 9. The minimum absolute atomic E-state index is 0.0107. The molecule has 2 aliphatic rings. The first-order valence-corrected chi connectivity index (χ1v) is 30.6. The average Bonchev–Trinajstić information content (AvgIpc) is 2.60. The Labute approximate surface area is 519 Å². The second-order valence-electron chi connectivity index (χ2n) is 21.0. The fraction of sp³-hybridized carbons (Fsp3) is 0.333. The summed E-state index contributed by atoms with van der Waals surface area (Å²) in [6.45, 7) is -3.27. The molecule has 4 bridgehead atoms. The number of fused-ring (bicyclic) bond motifs is 4. The van der Waals surface area contributed by atoms with Gasteiger partial charge in [-0.1, -0.05) is 175 Å². The van der Waals surface area contributed by atoms with Crippen LogP contribution in [0.1, 0.15) is 40.7 Å². The molecular weight excluding hydrogens is 1160 g/mol. The zero-order chi connectivity index (χ0) is 62.2. The fourth-order valence-electron chi connectivity index (χ4n) is 9.59. The third kappa shape index (κ3) is 20.2. The van der Waals surface area contributed by atoms with Gasteiger partial charge in [-0.15, -0.1) is 0 Å². The summed E-state index contributed by atoms with van der Waals surface area (Å²) in [7, 11) is 1.47. The highest BCUT2D eigenvalue weighted by atomic mass is 32.2. The molecule has 3 heterocycles. The molecule has 0 spiro atoms. The molecule has 5 N–H and O–H groups in total. The molecule has 8 rings (SSSR count). The Kier molecular flexibility index (Phi) is 24.3. The van der Waals surface area contributed by atoms with Crippen LogP contribution in [0.15, 0.2) is 162 Å². The van der Waals surface area contributed by atoms with Gasteiger partial charge in [0.05, 0.1) is 26.2 Å². The van der Waals surface area contributed by atoms with E-state index in [1.807, 2.05) is 48.5 Å². The summed E-state index contributed by atoms with van der Waals surface area (Å²) >= 11 is 1.94. The summed E-state index contributed by atoms with van der Waals surface area (Å²) < 4.78 is 5.42. The number of ether oxygens (including phenoxy) is 1. The molecule has 0 saturated carbocycles. The minimum atomic E-state index is -1.43. The molecule has 9 amide bonds. The monoisotopic (exact) mass is 1230 g/mol. The van der Waals surface area contributed by atoms with Crippen molar-refractivity contribution >= 4 is 82.6 Å². The summed E-state index contributed by atoms with van der Waals surface area (Å²) in [5.41, 5.74) is 8.81. The minimum Gasteiger partial charge on any atom is -0.383 e. The van der Waals surface area contributed by atoms with Crippen molar-refractivity contribution in [1.29, 1.82) is 0 Å². The molecule has 460 valence electrons. The molecule has 0 saturated heterocycles. The Morgan fingerprint density at radius 3 is 1.36 bits per heavy atom. The topological polar surface area (TPSA) is 283 Å². The fourth-order valence-corrected chi connectivity index (χ4v) is 11.3. The Bertz CT molecular complexity index is 3340. The number of hydrogen-bond acceptors (Lipinski definition) is 16. The van der Waals surface area contributed by atoms with Gasteiger partial charge in [-0.05, 0) is 34.2 Å². The van der Waals surface area contributed by atoms with Crippen molar-refractivity contribution in [3.05, 3.63) is 179 Å². The number of methoxy groups -OCH3 is 1. The maximum Gasteiger partial charge on any atom is 0.246 e. The van der Waals surface area contributed by atoms with Crippen LogP contribution in [-0.2, 0) is 80.6 Å². The highest BCUT2D eigenvalue weighted by Gasteiger charge is 2.34. The van der Waals surface area contributed by atoms with Crippen LogP contribution in [0, 0.1) is 0 Å². The van der Waals surface area contributed by atoms with Crippen LogP contribution < -0.4 is 26.6 Å². The van der Waals surface area contributed by atoms with E-state index in [1.54, 1.807) is 108 Å². The lowest BCUT2D eigenvalue weighted by molar-refractivity contribution is -0.147. The number of nitrogens with one attached hydrogen (secondary N) is 3. The lowest BCUT2D eigenvalue weighted by atomic mass is 10.1. The van der Waals surface area contributed by atoms with Crippen molar-refractivity contribution in [3.63, 3.8) is 0 Å². The van der Waals surface area contributed by atoms with Gasteiger partial charge >= 0.3 is 0 Å². The highest BCUT2D eigenvalue weighted by Crippen LogP contribution is 2.26. The lowest BCUT2D eigenvalue weighted by Gasteiger charge is -2.32. The number of anilines is 1. The smallest absolute Gasteiger partial charge is 0.246 e. The van der Waals surface area contributed by atoms with Crippen molar-refractivity contribution in [1.82, 2.24) is 55.4 Å².